The maximum absolute atomic E-state index is 12.1. The standard InChI is InChI=1S/C18H26N6O3S/c1-10(2)12-5-7-13(8-6-12)27-9-14-22-23-18(24(14)20)28-15(11(3)4)16(25)21-17(19)26/h5-8,10-11,15H,9,20H2,1-4H3,(H3,19,21,25,26)/t15-/m0/s1. The molecule has 0 unspecified atom stereocenters. The topological polar surface area (TPSA) is 138 Å². The number of aromatic nitrogens is 3. The number of nitrogens with zero attached hydrogens (tertiary/aromatic N) is 3. The van der Waals surface area contributed by atoms with Crippen molar-refractivity contribution < 1.29 is 14.3 Å². The zero-order valence-corrected chi connectivity index (χ0v) is 17.2. The van der Waals surface area contributed by atoms with Crippen LogP contribution in [0.2, 0.25) is 0 Å². The van der Waals surface area contributed by atoms with Crippen LogP contribution in [-0.4, -0.2) is 32.1 Å². The summed E-state index contributed by atoms with van der Waals surface area (Å²) in [5, 5.41) is 9.88. The Labute approximate surface area is 168 Å². The molecule has 3 amide bonds. The predicted molar refractivity (Wildman–Crippen MR) is 107 cm³/mol. The van der Waals surface area contributed by atoms with Crippen LogP contribution >= 0.6 is 11.8 Å². The van der Waals surface area contributed by atoms with Gasteiger partial charge in [0.15, 0.2) is 5.82 Å². The van der Waals surface area contributed by atoms with E-state index in [-0.39, 0.29) is 12.5 Å². The number of rotatable bonds is 8. The maximum atomic E-state index is 12.1. The normalized spacial score (nSPS) is 12.2. The fraction of sp³-hybridized carbons (Fsp3) is 0.444. The van der Waals surface area contributed by atoms with Gasteiger partial charge in [-0.2, -0.15) is 0 Å². The Kier molecular flexibility index (Phi) is 7.27. The smallest absolute Gasteiger partial charge is 0.318 e. The zero-order chi connectivity index (χ0) is 20.8. The number of benzene rings is 1. The van der Waals surface area contributed by atoms with Gasteiger partial charge in [-0.3, -0.25) is 10.1 Å². The Bertz CT molecular complexity index is 819. The van der Waals surface area contributed by atoms with Gasteiger partial charge in [-0.05, 0) is 29.5 Å². The van der Waals surface area contributed by atoms with Crippen molar-refractivity contribution in [1.29, 1.82) is 0 Å². The molecule has 0 bridgehead atoms. The summed E-state index contributed by atoms with van der Waals surface area (Å²) in [6.07, 6.45) is 0. The number of urea groups is 1. The Hall–Kier alpha value is -2.75. The van der Waals surface area contributed by atoms with Gasteiger partial charge in [-0.25, -0.2) is 9.47 Å². The Balaban J connectivity index is 2.03. The lowest BCUT2D eigenvalue weighted by Gasteiger charge is -2.17. The summed E-state index contributed by atoms with van der Waals surface area (Å²) in [4.78, 5) is 23.1. The number of carbonyl (C=O) groups excluding carboxylic acids is 2. The molecule has 0 aliphatic rings. The van der Waals surface area contributed by atoms with Crippen LogP contribution in [0.3, 0.4) is 0 Å². The number of nitrogen functional groups attached to an aromatic ring is 1. The summed E-state index contributed by atoms with van der Waals surface area (Å²) in [7, 11) is 0. The molecule has 0 saturated carbocycles. The van der Waals surface area contributed by atoms with E-state index < -0.39 is 17.2 Å². The largest absolute Gasteiger partial charge is 0.486 e. The lowest BCUT2D eigenvalue weighted by atomic mass is 10.0. The quantitative estimate of drug-likeness (QED) is 0.450. The molecule has 2 rings (SSSR count). The molecule has 1 aromatic heterocycles. The second kappa shape index (κ2) is 9.45. The van der Waals surface area contributed by atoms with Crippen LogP contribution in [0.1, 0.15) is 45.0 Å². The van der Waals surface area contributed by atoms with Crippen LogP contribution in [0.4, 0.5) is 4.79 Å². The molecule has 1 heterocycles. The average Bonchev–Trinajstić information content (AvgIpc) is 2.97. The Morgan fingerprint density at radius 3 is 2.36 bits per heavy atom. The fourth-order valence-corrected chi connectivity index (χ4v) is 3.35. The number of hydrogen-bond acceptors (Lipinski definition) is 7. The van der Waals surface area contributed by atoms with E-state index in [0.717, 1.165) is 11.8 Å². The molecule has 10 heteroatoms. The highest BCUT2D eigenvalue weighted by Crippen LogP contribution is 2.27. The van der Waals surface area contributed by atoms with Crippen LogP contribution in [0.15, 0.2) is 29.4 Å². The van der Waals surface area contributed by atoms with Crippen LogP contribution < -0.4 is 21.6 Å². The van der Waals surface area contributed by atoms with E-state index in [9.17, 15) is 9.59 Å². The highest BCUT2D eigenvalue weighted by Gasteiger charge is 2.27. The molecule has 0 aliphatic heterocycles. The number of nitrogens with one attached hydrogen (secondary N) is 1. The van der Waals surface area contributed by atoms with E-state index in [1.165, 1.54) is 10.2 Å². The van der Waals surface area contributed by atoms with E-state index in [4.69, 9.17) is 16.3 Å². The minimum atomic E-state index is -0.900. The Morgan fingerprint density at radius 1 is 1.18 bits per heavy atom. The fourth-order valence-electron chi connectivity index (χ4n) is 2.38. The van der Waals surface area contributed by atoms with Crippen molar-refractivity contribution in [3.63, 3.8) is 0 Å². The monoisotopic (exact) mass is 406 g/mol. The van der Waals surface area contributed by atoms with E-state index in [0.29, 0.717) is 22.6 Å². The third-order valence-electron chi connectivity index (χ3n) is 3.99. The zero-order valence-electron chi connectivity index (χ0n) is 16.4. The summed E-state index contributed by atoms with van der Waals surface area (Å²) >= 11 is 1.11. The van der Waals surface area contributed by atoms with Gasteiger partial charge in [0.2, 0.25) is 11.1 Å². The molecule has 0 fully saturated rings. The molecule has 0 spiro atoms. The second-order valence-corrected chi connectivity index (χ2v) is 8.03. The molecular formula is C18H26N6O3S. The molecule has 9 nitrogen and oxygen atoms in total. The van der Waals surface area contributed by atoms with Crippen molar-refractivity contribution in [2.45, 2.75) is 50.6 Å². The molecule has 5 N–H and O–H groups in total. The molecule has 1 atom stereocenters. The molecule has 28 heavy (non-hydrogen) atoms. The van der Waals surface area contributed by atoms with E-state index in [2.05, 4.69) is 29.4 Å². The van der Waals surface area contributed by atoms with Crippen molar-refractivity contribution in [2.24, 2.45) is 11.7 Å². The number of thioether (sulfide) groups is 1. The lowest BCUT2D eigenvalue weighted by molar-refractivity contribution is -0.120. The third kappa shape index (κ3) is 5.62. The summed E-state index contributed by atoms with van der Waals surface area (Å²) in [6.45, 7) is 8.08. The Morgan fingerprint density at radius 2 is 1.82 bits per heavy atom. The van der Waals surface area contributed by atoms with Crippen molar-refractivity contribution >= 4 is 23.7 Å². The first-order valence-electron chi connectivity index (χ1n) is 8.88. The van der Waals surface area contributed by atoms with Crippen LogP contribution in [-0.2, 0) is 11.4 Å². The number of carbonyl (C=O) groups is 2. The highest BCUT2D eigenvalue weighted by atomic mass is 32.2. The van der Waals surface area contributed by atoms with Gasteiger partial charge in [-0.1, -0.05) is 51.6 Å². The van der Waals surface area contributed by atoms with Crippen LogP contribution in [0.25, 0.3) is 0 Å². The van der Waals surface area contributed by atoms with Gasteiger partial charge in [0, 0.05) is 0 Å². The minimum absolute atomic E-state index is 0.0831. The third-order valence-corrected chi connectivity index (χ3v) is 5.49. The number of nitrogens with two attached hydrogens (primary N) is 2. The first kappa shape index (κ1) is 21.5. The molecular weight excluding hydrogens is 380 g/mol. The first-order valence-corrected chi connectivity index (χ1v) is 9.76. The number of primary amides is 1. The first-order chi connectivity index (χ1) is 13.2. The van der Waals surface area contributed by atoms with Crippen LogP contribution in [0.5, 0.6) is 5.75 Å². The number of hydrogen-bond donors (Lipinski definition) is 3. The van der Waals surface area contributed by atoms with Crippen LogP contribution in [0, 0.1) is 5.92 Å². The second-order valence-electron chi connectivity index (χ2n) is 6.92. The molecule has 152 valence electrons. The maximum Gasteiger partial charge on any atom is 0.318 e. The van der Waals surface area contributed by atoms with Gasteiger partial charge >= 0.3 is 6.03 Å². The summed E-state index contributed by atoms with van der Waals surface area (Å²) < 4.78 is 7.00. The number of ether oxygens (including phenoxy) is 1. The van der Waals surface area contributed by atoms with Crippen molar-refractivity contribution in [3.05, 3.63) is 35.7 Å². The van der Waals surface area contributed by atoms with Crippen molar-refractivity contribution in [1.82, 2.24) is 20.2 Å². The van der Waals surface area contributed by atoms with Gasteiger partial charge in [0.1, 0.15) is 12.4 Å². The molecule has 2 aromatic rings. The number of imide groups is 1. The van der Waals surface area contributed by atoms with Crippen molar-refractivity contribution in [3.8, 4) is 5.75 Å². The lowest BCUT2D eigenvalue weighted by Crippen LogP contribution is -2.42. The molecule has 1 aromatic carbocycles. The van der Waals surface area contributed by atoms with Gasteiger partial charge in [0.05, 0.1) is 5.25 Å². The molecule has 0 radical (unpaired) electrons. The van der Waals surface area contributed by atoms with Gasteiger partial charge < -0.3 is 16.3 Å². The SMILES string of the molecule is CC(C)c1ccc(OCc2nnc(S[C@H](C(=O)NC(N)=O)C(C)C)n2N)cc1. The van der Waals surface area contributed by atoms with Gasteiger partial charge in [-0.15, -0.1) is 10.2 Å². The predicted octanol–water partition coefficient (Wildman–Crippen LogP) is 2.01. The van der Waals surface area contributed by atoms with E-state index >= 15 is 0 Å². The van der Waals surface area contributed by atoms with Gasteiger partial charge in [0.25, 0.3) is 0 Å². The summed E-state index contributed by atoms with van der Waals surface area (Å²) in [5.74, 6) is 7.02. The minimum Gasteiger partial charge on any atom is -0.486 e. The van der Waals surface area contributed by atoms with E-state index in [1.54, 1.807) is 0 Å². The summed E-state index contributed by atoms with van der Waals surface area (Å²) in [5.41, 5.74) is 6.25. The number of amides is 3. The van der Waals surface area contributed by atoms with Crippen molar-refractivity contribution in [2.75, 3.05) is 5.84 Å². The average molecular weight is 407 g/mol. The van der Waals surface area contributed by atoms with E-state index in [1.807, 2.05) is 38.1 Å². The summed E-state index contributed by atoms with van der Waals surface area (Å²) in [6, 6.07) is 6.91. The molecule has 0 saturated heterocycles. The molecule has 0 aliphatic carbocycles. The highest BCUT2D eigenvalue weighted by molar-refractivity contribution is 8.00.